The molecule has 0 aromatic carbocycles. The molecular formula is C10H19NO2. The van der Waals surface area contributed by atoms with E-state index >= 15 is 0 Å². The van der Waals surface area contributed by atoms with Crippen LogP contribution in [0.25, 0.3) is 0 Å². The van der Waals surface area contributed by atoms with Crippen molar-refractivity contribution in [3.63, 3.8) is 0 Å². The minimum absolute atomic E-state index is 0.115. The number of carbonyl (C=O) groups excluding carboxylic acids is 1. The van der Waals surface area contributed by atoms with Gasteiger partial charge in [0.2, 0.25) is 0 Å². The van der Waals surface area contributed by atoms with E-state index in [2.05, 4.69) is 5.32 Å². The lowest BCUT2D eigenvalue weighted by Gasteiger charge is -2.45. The molecule has 3 heteroatoms. The van der Waals surface area contributed by atoms with Gasteiger partial charge in [0.1, 0.15) is 6.10 Å². The van der Waals surface area contributed by atoms with Crippen molar-refractivity contribution in [1.82, 2.24) is 5.32 Å². The van der Waals surface area contributed by atoms with Crippen LogP contribution in [0.2, 0.25) is 0 Å². The van der Waals surface area contributed by atoms with Gasteiger partial charge in [-0.25, -0.2) is 0 Å². The molecule has 0 aromatic heterocycles. The average molecular weight is 185 g/mol. The lowest BCUT2D eigenvalue weighted by molar-refractivity contribution is -0.140. The molecule has 1 aliphatic heterocycles. The Balaban J connectivity index is 2.88. The van der Waals surface area contributed by atoms with E-state index in [1.807, 2.05) is 27.7 Å². The molecule has 0 aliphatic carbocycles. The maximum Gasteiger partial charge on any atom is 0.165 e. The monoisotopic (exact) mass is 185 g/mol. The molecule has 1 fully saturated rings. The minimum Gasteiger partial charge on any atom is -0.372 e. The number of ketones is 1. The Kier molecular flexibility index (Phi) is 2.52. The molecule has 0 saturated carbocycles. The van der Waals surface area contributed by atoms with Crippen molar-refractivity contribution in [1.29, 1.82) is 0 Å². The first-order valence-electron chi connectivity index (χ1n) is 4.63. The first kappa shape index (κ1) is 10.7. The van der Waals surface area contributed by atoms with E-state index in [4.69, 9.17) is 4.74 Å². The Hall–Kier alpha value is -0.410. The summed E-state index contributed by atoms with van der Waals surface area (Å²) in [6, 6.07) is 0. The van der Waals surface area contributed by atoms with Gasteiger partial charge >= 0.3 is 0 Å². The van der Waals surface area contributed by atoms with E-state index in [1.54, 1.807) is 7.11 Å². The van der Waals surface area contributed by atoms with Crippen LogP contribution in [0.15, 0.2) is 0 Å². The van der Waals surface area contributed by atoms with Crippen molar-refractivity contribution in [3.8, 4) is 0 Å². The Bertz CT molecular complexity index is 221. The standard InChI is InChI=1S/C10H19NO2/c1-9(2)6-7(12)8(13-5)10(3,4)11-9/h8,11H,6H2,1-5H3. The summed E-state index contributed by atoms with van der Waals surface area (Å²) in [5.74, 6) is 0.191. The smallest absolute Gasteiger partial charge is 0.165 e. The maximum absolute atomic E-state index is 11.7. The van der Waals surface area contributed by atoms with Crippen LogP contribution in [0.5, 0.6) is 0 Å². The van der Waals surface area contributed by atoms with Crippen molar-refractivity contribution in [2.45, 2.75) is 51.3 Å². The van der Waals surface area contributed by atoms with E-state index in [1.165, 1.54) is 0 Å². The van der Waals surface area contributed by atoms with Gasteiger partial charge in [-0.15, -0.1) is 0 Å². The molecule has 1 aliphatic rings. The summed E-state index contributed by atoms with van der Waals surface area (Å²) in [5, 5.41) is 3.42. The molecule has 3 nitrogen and oxygen atoms in total. The highest BCUT2D eigenvalue weighted by Crippen LogP contribution is 2.27. The van der Waals surface area contributed by atoms with E-state index in [9.17, 15) is 4.79 Å². The Morgan fingerprint density at radius 1 is 1.38 bits per heavy atom. The first-order valence-corrected chi connectivity index (χ1v) is 4.63. The number of rotatable bonds is 1. The van der Waals surface area contributed by atoms with E-state index < -0.39 is 0 Å². The Morgan fingerprint density at radius 3 is 2.31 bits per heavy atom. The number of carbonyl (C=O) groups is 1. The van der Waals surface area contributed by atoms with Gasteiger partial charge in [-0.1, -0.05) is 0 Å². The van der Waals surface area contributed by atoms with Crippen molar-refractivity contribution >= 4 is 5.78 Å². The van der Waals surface area contributed by atoms with E-state index in [0.717, 1.165) is 0 Å². The number of piperidine rings is 1. The minimum atomic E-state index is -0.319. The topological polar surface area (TPSA) is 38.3 Å². The highest BCUT2D eigenvalue weighted by molar-refractivity contribution is 5.86. The molecule has 13 heavy (non-hydrogen) atoms. The van der Waals surface area contributed by atoms with Crippen molar-refractivity contribution in [3.05, 3.63) is 0 Å². The highest BCUT2D eigenvalue weighted by Gasteiger charge is 2.45. The zero-order chi connectivity index (χ0) is 10.3. The molecule has 0 aromatic rings. The third-order valence-electron chi connectivity index (χ3n) is 2.46. The van der Waals surface area contributed by atoms with Crippen LogP contribution in [-0.2, 0) is 9.53 Å². The summed E-state index contributed by atoms with van der Waals surface area (Å²) in [7, 11) is 1.59. The van der Waals surface area contributed by atoms with Gasteiger partial charge in [0.25, 0.3) is 0 Å². The summed E-state index contributed by atoms with van der Waals surface area (Å²) in [6.45, 7) is 8.08. The molecule has 1 saturated heterocycles. The molecule has 0 bridgehead atoms. The van der Waals surface area contributed by atoms with Crippen LogP contribution in [-0.4, -0.2) is 30.1 Å². The van der Waals surface area contributed by atoms with Crippen LogP contribution < -0.4 is 5.32 Å². The van der Waals surface area contributed by atoms with Gasteiger partial charge < -0.3 is 10.1 Å². The second-order valence-corrected chi connectivity index (χ2v) is 4.99. The summed E-state index contributed by atoms with van der Waals surface area (Å²) in [6.07, 6.45) is 0.218. The zero-order valence-corrected chi connectivity index (χ0v) is 9.10. The molecule has 1 heterocycles. The first-order chi connectivity index (χ1) is 5.78. The number of methoxy groups -OCH3 is 1. The lowest BCUT2D eigenvalue weighted by atomic mass is 9.80. The van der Waals surface area contributed by atoms with Crippen LogP contribution in [0.1, 0.15) is 34.1 Å². The number of Topliss-reactive ketones (excluding diaryl/α,β-unsaturated/α-hetero) is 1. The molecule has 1 atom stereocenters. The van der Waals surface area contributed by atoms with Crippen molar-refractivity contribution < 1.29 is 9.53 Å². The van der Waals surface area contributed by atoms with Gasteiger partial charge in [-0.05, 0) is 27.7 Å². The van der Waals surface area contributed by atoms with E-state index in [0.29, 0.717) is 6.42 Å². The third kappa shape index (κ3) is 2.09. The van der Waals surface area contributed by atoms with Gasteiger partial charge in [-0.2, -0.15) is 0 Å². The average Bonchev–Trinajstić information content (AvgIpc) is 1.79. The summed E-state index contributed by atoms with van der Waals surface area (Å²) in [4.78, 5) is 11.7. The fraction of sp³-hybridized carbons (Fsp3) is 0.900. The Labute approximate surface area is 79.8 Å². The number of nitrogens with one attached hydrogen (secondary N) is 1. The van der Waals surface area contributed by atoms with Gasteiger partial charge in [0.05, 0.1) is 0 Å². The molecule has 1 unspecified atom stereocenters. The SMILES string of the molecule is COC1C(=O)CC(C)(C)NC1(C)C. The van der Waals surface area contributed by atoms with Gasteiger partial charge in [-0.3, -0.25) is 4.79 Å². The quantitative estimate of drug-likeness (QED) is 0.665. The lowest BCUT2D eigenvalue weighted by Crippen LogP contribution is -2.66. The molecule has 1 N–H and O–H groups in total. The predicted octanol–water partition coefficient (Wildman–Crippen LogP) is 1.12. The Morgan fingerprint density at radius 2 is 1.92 bits per heavy atom. The number of hydrogen-bond acceptors (Lipinski definition) is 3. The summed E-state index contributed by atoms with van der Waals surface area (Å²) >= 11 is 0. The molecule has 0 spiro atoms. The van der Waals surface area contributed by atoms with Gasteiger partial charge in [0, 0.05) is 24.6 Å². The molecule has 0 amide bonds. The van der Waals surface area contributed by atoms with Crippen molar-refractivity contribution in [2.75, 3.05) is 7.11 Å². The second-order valence-electron chi connectivity index (χ2n) is 4.99. The third-order valence-corrected chi connectivity index (χ3v) is 2.46. The van der Waals surface area contributed by atoms with E-state index in [-0.39, 0.29) is 23.0 Å². The van der Waals surface area contributed by atoms with Gasteiger partial charge in [0.15, 0.2) is 5.78 Å². The van der Waals surface area contributed by atoms with Crippen LogP contribution in [0.4, 0.5) is 0 Å². The summed E-state index contributed by atoms with van der Waals surface area (Å²) < 4.78 is 5.20. The fourth-order valence-electron chi connectivity index (χ4n) is 2.34. The normalized spacial score (nSPS) is 31.8. The second kappa shape index (κ2) is 3.07. The number of ether oxygens (including phenoxy) is 1. The fourth-order valence-corrected chi connectivity index (χ4v) is 2.34. The van der Waals surface area contributed by atoms with Crippen molar-refractivity contribution in [2.24, 2.45) is 0 Å². The van der Waals surface area contributed by atoms with Crippen LogP contribution >= 0.6 is 0 Å². The molecular weight excluding hydrogens is 166 g/mol. The zero-order valence-electron chi connectivity index (χ0n) is 9.10. The summed E-state index contributed by atoms with van der Waals surface area (Å²) in [5.41, 5.74) is -0.386. The molecule has 1 rings (SSSR count). The number of hydrogen-bond donors (Lipinski definition) is 1. The predicted molar refractivity (Wildman–Crippen MR) is 51.7 cm³/mol. The van der Waals surface area contributed by atoms with Crippen LogP contribution in [0.3, 0.4) is 0 Å². The molecule has 0 radical (unpaired) electrons. The molecule has 76 valence electrons. The van der Waals surface area contributed by atoms with Crippen LogP contribution in [0, 0.1) is 0 Å². The largest absolute Gasteiger partial charge is 0.372 e. The highest BCUT2D eigenvalue weighted by atomic mass is 16.5. The maximum atomic E-state index is 11.7.